The van der Waals surface area contributed by atoms with Crippen LogP contribution in [0.3, 0.4) is 0 Å². The quantitative estimate of drug-likeness (QED) is 0.0664. The van der Waals surface area contributed by atoms with Gasteiger partial charge in [-0.1, -0.05) is 160 Å². The van der Waals surface area contributed by atoms with E-state index in [9.17, 15) is 19.2 Å². The summed E-state index contributed by atoms with van der Waals surface area (Å²) in [6.07, 6.45) is 6.84. The van der Waals surface area contributed by atoms with Crippen LogP contribution >= 0.6 is 0 Å². The smallest absolute Gasteiger partial charge is 0.339 e. The van der Waals surface area contributed by atoms with E-state index in [1.54, 1.807) is 36.4 Å². The van der Waals surface area contributed by atoms with Gasteiger partial charge < -0.3 is 18.9 Å². The fraction of sp³-hybridized carbons (Fsp3) is 0.0769. The minimum absolute atomic E-state index is 0.0168. The number of carbonyl (C=O) groups is 4. The molecule has 6 aromatic carbocycles. The number of benzene rings is 6. The van der Waals surface area contributed by atoms with E-state index in [1.807, 2.05) is 97.1 Å². The van der Waals surface area contributed by atoms with Gasteiger partial charge in [0.2, 0.25) is 0 Å². The lowest BCUT2D eigenvalue weighted by Crippen LogP contribution is -2.15. The highest BCUT2D eigenvalue weighted by molar-refractivity contribution is 6.06. The average molecular weight is 795 g/mol. The van der Waals surface area contributed by atoms with Crippen LogP contribution in [0, 0.1) is 0 Å². The van der Waals surface area contributed by atoms with Crippen LogP contribution in [0.4, 0.5) is 0 Å². The monoisotopic (exact) mass is 794 g/mol. The van der Waals surface area contributed by atoms with Crippen LogP contribution in [0.1, 0.15) is 85.9 Å². The fourth-order valence-electron chi connectivity index (χ4n) is 6.05. The van der Waals surface area contributed by atoms with Crippen LogP contribution in [-0.2, 0) is 45.4 Å². The van der Waals surface area contributed by atoms with E-state index in [1.165, 1.54) is 24.3 Å². The normalized spacial score (nSPS) is 10.5. The largest absolute Gasteiger partial charge is 0.457 e. The zero-order valence-corrected chi connectivity index (χ0v) is 32.9. The minimum Gasteiger partial charge on any atom is -0.457 e. The Bertz CT molecular complexity index is 2370. The van der Waals surface area contributed by atoms with Crippen molar-refractivity contribution in [2.24, 2.45) is 0 Å². The van der Waals surface area contributed by atoms with Crippen LogP contribution in [0.25, 0.3) is 35.4 Å². The van der Waals surface area contributed by atoms with Gasteiger partial charge in [-0.15, -0.1) is 0 Å². The first-order valence-corrected chi connectivity index (χ1v) is 19.0. The molecule has 0 radical (unpaired) electrons. The van der Waals surface area contributed by atoms with Gasteiger partial charge in [0.25, 0.3) is 0 Å². The van der Waals surface area contributed by atoms with Crippen molar-refractivity contribution >= 4 is 48.2 Å². The number of ether oxygens (including phenoxy) is 4. The van der Waals surface area contributed by atoms with Gasteiger partial charge in [-0.2, -0.15) is 0 Å². The van der Waals surface area contributed by atoms with Gasteiger partial charge in [0, 0.05) is 0 Å². The fourth-order valence-corrected chi connectivity index (χ4v) is 6.05. The Morgan fingerprint density at radius 3 is 0.800 bits per heavy atom. The predicted octanol–water partition coefficient (Wildman–Crippen LogP) is 11.4. The summed E-state index contributed by atoms with van der Waals surface area (Å²) in [7, 11) is 0. The first-order valence-electron chi connectivity index (χ1n) is 19.0. The lowest BCUT2D eigenvalue weighted by atomic mass is 9.95. The number of hydrogen-bond donors (Lipinski definition) is 0. The Morgan fingerprint density at radius 2 is 0.567 bits per heavy atom. The highest BCUT2D eigenvalue weighted by Crippen LogP contribution is 2.28. The number of esters is 4. The van der Waals surface area contributed by atoms with Crippen molar-refractivity contribution in [3.8, 4) is 11.1 Å². The molecule has 8 heteroatoms. The summed E-state index contributed by atoms with van der Waals surface area (Å²) in [5, 5.41) is 0. The molecule has 0 atom stereocenters. The number of rotatable bonds is 17. The summed E-state index contributed by atoms with van der Waals surface area (Å²) in [4.78, 5) is 54.7. The summed E-state index contributed by atoms with van der Waals surface area (Å²) in [6, 6.07) is 38.5. The summed E-state index contributed by atoms with van der Waals surface area (Å²) in [6.45, 7) is 14.9. The van der Waals surface area contributed by atoms with E-state index in [-0.39, 0.29) is 48.7 Å². The number of carbonyl (C=O) groups excluding carboxylic acids is 4. The summed E-state index contributed by atoms with van der Waals surface area (Å²) < 4.78 is 22.7. The molecular formula is C52H42O8. The maximum absolute atomic E-state index is 13.8. The topological polar surface area (TPSA) is 105 Å². The van der Waals surface area contributed by atoms with Crippen molar-refractivity contribution in [1.29, 1.82) is 0 Å². The minimum atomic E-state index is -0.768. The molecule has 60 heavy (non-hydrogen) atoms. The SMILES string of the molecule is C=Cc1ccc(COC(=O)c2ccc(-c3ccc(C(=O)OCc4ccc(C=C)cc4)c(C(=O)OCc4ccc(C=C)cc4)c3)cc2C(=O)OCc2ccc(C=C)cc2)cc1. The molecule has 0 amide bonds. The van der Waals surface area contributed by atoms with E-state index in [0.29, 0.717) is 11.1 Å². The molecule has 0 bridgehead atoms. The molecule has 0 aliphatic rings. The third-order valence-electron chi connectivity index (χ3n) is 9.59. The van der Waals surface area contributed by atoms with Crippen LogP contribution in [0.2, 0.25) is 0 Å². The van der Waals surface area contributed by atoms with Crippen molar-refractivity contribution in [2.75, 3.05) is 0 Å². The Hall–Kier alpha value is -7.84. The molecule has 0 fully saturated rings. The van der Waals surface area contributed by atoms with E-state index in [4.69, 9.17) is 18.9 Å². The van der Waals surface area contributed by atoms with Gasteiger partial charge in [-0.25, -0.2) is 19.2 Å². The van der Waals surface area contributed by atoms with E-state index in [2.05, 4.69) is 26.3 Å². The average Bonchev–Trinajstić information content (AvgIpc) is 3.31. The maximum atomic E-state index is 13.8. The van der Waals surface area contributed by atoms with Crippen molar-refractivity contribution in [3.05, 3.63) is 227 Å². The third-order valence-corrected chi connectivity index (χ3v) is 9.59. The Balaban J connectivity index is 1.31. The molecule has 0 N–H and O–H groups in total. The van der Waals surface area contributed by atoms with E-state index in [0.717, 1.165) is 44.5 Å². The molecule has 0 spiro atoms. The van der Waals surface area contributed by atoms with Crippen molar-refractivity contribution < 1.29 is 38.1 Å². The molecule has 0 saturated carbocycles. The number of hydrogen-bond acceptors (Lipinski definition) is 8. The second kappa shape index (κ2) is 20.0. The molecule has 298 valence electrons. The van der Waals surface area contributed by atoms with Crippen LogP contribution < -0.4 is 0 Å². The molecule has 0 saturated heterocycles. The molecule has 0 aliphatic carbocycles. The lowest BCUT2D eigenvalue weighted by Gasteiger charge is -2.14. The van der Waals surface area contributed by atoms with Crippen LogP contribution in [0.15, 0.2) is 160 Å². The van der Waals surface area contributed by atoms with Gasteiger partial charge in [0.15, 0.2) is 0 Å². The summed E-state index contributed by atoms with van der Waals surface area (Å²) in [5.74, 6) is -3.01. The molecule has 6 aromatic rings. The second-order valence-corrected chi connectivity index (χ2v) is 13.6. The second-order valence-electron chi connectivity index (χ2n) is 13.6. The Kier molecular flexibility index (Phi) is 14.0. The first kappa shape index (κ1) is 41.8. The zero-order valence-electron chi connectivity index (χ0n) is 32.9. The molecule has 8 nitrogen and oxygen atoms in total. The third kappa shape index (κ3) is 10.8. The maximum Gasteiger partial charge on any atom is 0.339 e. The summed E-state index contributed by atoms with van der Waals surface area (Å²) in [5.41, 5.74) is 7.35. The first-order chi connectivity index (χ1) is 29.2. The molecule has 0 heterocycles. The van der Waals surface area contributed by atoms with E-state index >= 15 is 0 Å². The van der Waals surface area contributed by atoms with Gasteiger partial charge in [0.1, 0.15) is 26.4 Å². The van der Waals surface area contributed by atoms with Crippen LogP contribution in [-0.4, -0.2) is 23.9 Å². The summed E-state index contributed by atoms with van der Waals surface area (Å²) >= 11 is 0. The Labute approximate surface area is 349 Å². The highest BCUT2D eigenvalue weighted by atomic mass is 16.5. The highest BCUT2D eigenvalue weighted by Gasteiger charge is 2.24. The van der Waals surface area contributed by atoms with Gasteiger partial charge in [-0.05, 0) is 79.9 Å². The zero-order chi connectivity index (χ0) is 42.4. The molecule has 0 unspecified atom stereocenters. The molecule has 6 rings (SSSR count). The van der Waals surface area contributed by atoms with Crippen molar-refractivity contribution in [2.45, 2.75) is 26.4 Å². The van der Waals surface area contributed by atoms with Gasteiger partial charge in [0.05, 0.1) is 22.3 Å². The van der Waals surface area contributed by atoms with Gasteiger partial charge >= 0.3 is 23.9 Å². The van der Waals surface area contributed by atoms with Crippen molar-refractivity contribution in [1.82, 2.24) is 0 Å². The van der Waals surface area contributed by atoms with Crippen LogP contribution in [0.5, 0.6) is 0 Å². The molecular weight excluding hydrogens is 753 g/mol. The predicted molar refractivity (Wildman–Crippen MR) is 234 cm³/mol. The van der Waals surface area contributed by atoms with Crippen molar-refractivity contribution in [3.63, 3.8) is 0 Å². The van der Waals surface area contributed by atoms with E-state index < -0.39 is 23.9 Å². The molecule has 0 aromatic heterocycles. The molecule has 0 aliphatic heterocycles. The Morgan fingerprint density at radius 1 is 0.333 bits per heavy atom. The standard InChI is InChI=1S/C52H42O8/c1-5-35-9-17-39(18-10-35)31-57-49(53)45-27-25-43(29-47(45)51(55)59-33-41-21-13-37(7-3)14-22-41)44-26-28-46(50(54)58-32-40-19-11-36(6-2)12-20-40)48(30-44)52(56)60-34-42-23-15-38(8-4)16-24-42/h5-30H,1-4,31-34H2. The van der Waals surface area contributed by atoms with Gasteiger partial charge in [-0.3, -0.25) is 0 Å². The lowest BCUT2D eigenvalue weighted by molar-refractivity contribution is 0.0425.